The van der Waals surface area contributed by atoms with E-state index in [2.05, 4.69) is 15.5 Å². The van der Waals surface area contributed by atoms with E-state index in [9.17, 15) is 14.4 Å². The van der Waals surface area contributed by atoms with Gasteiger partial charge in [-0.1, -0.05) is 6.07 Å². The Hall–Kier alpha value is -4.77. The van der Waals surface area contributed by atoms with Gasteiger partial charge in [-0.3, -0.25) is 14.4 Å². The standard InChI is InChI=1S/C34H41N5O6/c1-43-27-8-4-7-25(21-27)33(41)39-17-6-16-37(19-20-39)29-11-9-26(34(42)38-15-5-13-35-14-18-38)22-28(29)36-32(40)24-10-12-30(44-2)31(23-24)45-3/h4,7-12,21-23,35H,5-6,13-20H2,1-3H3,(H,36,40). The Morgan fingerprint density at radius 2 is 1.40 bits per heavy atom. The first-order chi connectivity index (χ1) is 21.9. The van der Waals surface area contributed by atoms with E-state index in [1.165, 1.54) is 7.11 Å². The molecule has 11 nitrogen and oxygen atoms in total. The fourth-order valence-corrected chi connectivity index (χ4v) is 5.75. The summed E-state index contributed by atoms with van der Waals surface area (Å²) < 4.78 is 16.0. The zero-order valence-corrected chi connectivity index (χ0v) is 26.1. The number of amides is 3. The highest BCUT2D eigenvalue weighted by molar-refractivity contribution is 6.07. The molecule has 11 heteroatoms. The molecule has 238 valence electrons. The Bertz CT molecular complexity index is 1520. The minimum Gasteiger partial charge on any atom is -0.497 e. The van der Waals surface area contributed by atoms with Crippen LogP contribution in [0.25, 0.3) is 0 Å². The molecule has 2 saturated heterocycles. The molecule has 2 heterocycles. The van der Waals surface area contributed by atoms with Crippen LogP contribution < -0.4 is 29.7 Å². The van der Waals surface area contributed by atoms with Crippen molar-refractivity contribution in [3.63, 3.8) is 0 Å². The third-order valence-electron chi connectivity index (χ3n) is 8.21. The third-order valence-corrected chi connectivity index (χ3v) is 8.21. The van der Waals surface area contributed by atoms with Crippen molar-refractivity contribution in [1.82, 2.24) is 15.1 Å². The number of carbonyl (C=O) groups excluding carboxylic acids is 3. The van der Waals surface area contributed by atoms with E-state index in [4.69, 9.17) is 14.2 Å². The molecule has 0 bridgehead atoms. The van der Waals surface area contributed by atoms with Crippen molar-refractivity contribution in [3.8, 4) is 17.2 Å². The monoisotopic (exact) mass is 615 g/mol. The molecular formula is C34H41N5O6. The number of anilines is 2. The quantitative estimate of drug-likeness (QED) is 0.394. The van der Waals surface area contributed by atoms with Crippen LogP contribution in [-0.4, -0.2) is 101 Å². The number of carbonyl (C=O) groups is 3. The molecule has 2 N–H and O–H groups in total. The molecule has 3 aromatic rings. The van der Waals surface area contributed by atoms with Crippen LogP contribution in [0.1, 0.15) is 43.9 Å². The molecule has 45 heavy (non-hydrogen) atoms. The van der Waals surface area contributed by atoms with Crippen LogP contribution >= 0.6 is 0 Å². The predicted molar refractivity (Wildman–Crippen MR) is 173 cm³/mol. The molecule has 2 aliphatic heterocycles. The summed E-state index contributed by atoms with van der Waals surface area (Å²) in [6.45, 7) is 5.24. The van der Waals surface area contributed by atoms with Gasteiger partial charge >= 0.3 is 0 Å². The average molecular weight is 616 g/mol. The van der Waals surface area contributed by atoms with E-state index in [1.54, 1.807) is 50.6 Å². The van der Waals surface area contributed by atoms with Crippen LogP contribution in [0.4, 0.5) is 11.4 Å². The fraction of sp³-hybridized carbons (Fsp3) is 0.382. The van der Waals surface area contributed by atoms with E-state index >= 15 is 0 Å². The molecule has 0 aromatic heterocycles. The van der Waals surface area contributed by atoms with E-state index in [-0.39, 0.29) is 17.7 Å². The van der Waals surface area contributed by atoms with Crippen molar-refractivity contribution in [2.24, 2.45) is 0 Å². The summed E-state index contributed by atoms with van der Waals surface area (Å²) in [5, 5.41) is 6.39. The first-order valence-electron chi connectivity index (χ1n) is 15.3. The maximum absolute atomic E-state index is 13.6. The first kappa shape index (κ1) is 31.6. The van der Waals surface area contributed by atoms with Gasteiger partial charge in [-0.25, -0.2) is 0 Å². The van der Waals surface area contributed by atoms with Crippen molar-refractivity contribution >= 4 is 29.1 Å². The molecule has 0 unspecified atom stereocenters. The molecule has 0 saturated carbocycles. The van der Waals surface area contributed by atoms with E-state index < -0.39 is 0 Å². The lowest BCUT2D eigenvalue weighted by Crippen LogP contribution is -2.35. The summed E-state index contributed by atoms with van der Waals surface area (Å²) in [5.41, 5.74) is 2.79. The second kappa shape index (κ2) is 14.8. The zero-order chi connectivity index (χ0) is 31.8. The molecule has 0 atom stereocenters. The van der Waals surface area contributed by atoms with Crippen LogP contribution in [0.5, 0.6) is 17.2 Å². The van der Waals surface area contributed by atoms with Gasteiger partial charge in [0, 0.05) is 62.5 Å². The van der Waals surface area contributed by atoms with Gasteiger partial charge in [-0.05, 0) is 74.0 Å². The molecule has 0 radical (unpaired) electrons. The summed E-state index contributed by atoms with van der Waals surface area (Å²) in [5.74, 6) is 1.14. The van der Waals surface area contributed by atoms with Crippen LogP contribution in [0.2, 0.25) is 0 Å². The summed E-state index contributed by atoms with van der Waals surface area (Å²) in [6.07, 6.45) is 1.62. The Labute approximate surface area is 264 Å². The van der Waals surface area contributed by atoms with Crippen molar-refractivity contribution in [2.45, 2.75) is 12.8 Å². The van der Waals surface area contributed by atoms with Gasteiger partial charge < -0.3 is 39.5 Å². The second-order valence-corrected chi connectivity index (χ2v) is 11.0. The van der Waals surface area contributed by atoms with Gasteiger partial charge in [-0.15, -0.1) is 0 Å². The summed E-state index contributed by atoms with van der Waals surface area (Å²) in [4.78, 5) is 46.3. The van der Waals surface area contributed by atoms with Crippen LogP contribution in [0.15, 0.2) is 60.7 Å². The van der Waals surface area contributed by atoms with Crippen molar-refractivity contribution < 1.29 is 28.6 Å². The van der Waals surface area contributed by atoms with E-state index in [0.29, 0.717) is 78.9 Å². The normalized spacial score (nSPS) is 15.5. The summed E-state index contributed by atoms with van der Waals surface area (Å²) in [7, 11) is 4.64. The molecule has 5 rings (SSSR count). The SMILES string of the molecule is COc1cccc(C(=O)N2CCCN(c3ccc(C(=O)N4CCCNCC4)cc3NC(=O)c3ccc(OC)c(OC)c3)CC2)c1. The summed E-state index contributed by atoms with van der Waals surface area (Å²) in [6, 6.07) is 17.6. The number of ether oxygens (including phenoxy) is 3. The molecule has 3 amide bonds. The first-order valence-corrected chi connectivity index (χ1v) is 15.3. The predicted octanol–water partition coefficient (Wildman–Crippen LogP) is 3.75. The van der Waals surface area contributed by atoms with Crippen molar-refractivity contribution in [1.29, 1.82) is 0 Å². The number of rotatable bonds is 8. The van der Waals surface area contributed by atoms with Gasteiger partial charge in [0.2, 0.25) is 0 Å². The van der Waals surface area contributed by atoms with Crippen LogP contribution in [0, 0.1) is 0 Å². The zero-order valence-electron chi connectivity index (χ0n) is 26.1. The topological polar surface area (TPSA) is 113 Å². The fourth-order valence-electron chi connectivity index (χ4n) is 5.75. The molecule has 3 aromatic carbocycles. The Kier molecular flexibility index (Phi) is 10.4. The lowest BCUT2D eigenvalue weighted by atomic mass is 10.1. The molecule has 0 aliphatic carbocycles. The molecule has 2 aliphatic rings. The summed E-state index contributed by atoms with van der Waals surface area (Å²) >= 11 is 0. The van der Waals surface area contributed by atoms with Gasteiger partial charge in [0.05, 0.1) is 32.7 Å². The smallest absolute Gasteiger partial charge is 0.255 e. The van der Waals surface area contributed by atoms with Crippen molar-refractivity contribution in [3.05, 3.63) is 77.4 Å². The van der Waals surface area contributed by atoms with E-state index in [0.717, 1.165) is 31.6 Å². The Balaban J connectivity index is 1.41. The highest BCUT2D eigenvalue weighted by Crippen LogP contribution is 2.32. The van der Waals surface area contributed by atoms with Crippen molar-refractivity contribution in [2.75, 3.05) is 83.9 Å². The van der Waals surface area contributed by atoms with Crippen LogP contribution in [-0.2, 0) is 0 Å². The minimum absolute atomic E-state index is 0.0504. The lowest BCUT2D eigenvalue weighted by molar-refractivity contribution is 0.0759. The van der Waals surface area contributed by atoms with E-state index in [1.807, 2.05) is 34.1 Å². The Morgan fingerprint density at radius 1 is 0.667 bits per heavy atom. The molecule has 2 fully saturated rings. The number of methoxy groups -OCH3 is 3. The van der Waals surface area contributed by atoms with Gasteiger partial charge in [0.15, 0.2) is 11.5 Å². The minimum atomic E-state index is -0.342. The highest BCUT2D eigenvalue weighted by atomic mass is 16.5. The van der Waals surface area contributed by atoms with Gasteiger partial charge in [0.1, 0.15) is 5.75 Å². The number of hydrogen-bond donors (Lipinski definition) is 2. The largest absolute Gasteiger partial charge is 0.497 e. The highest BCUT2D eigenvalue weighted by Gasteiger charge is 2.25. The molecule has 0 spiro atoms. The van der Waals surface area contributed by atoms with Gasteiger partial charge in [0.25, 0.3) is 17.7 Å². The Morgan fingerprint density at radius 3 is 2.18 bits per heavy atom. The van der Waals surface area contributed by atoms with Crippen LogP contribution in [0.3, 0.4) is 0 Å². The maximum atomic E-state index is 13.6. The third kappa shape index (κ3) is 7.49. The molecular weight excluding hydrogens is 574 g/mol. The lowest BCUT2D eigenvalue weighted by Gasteiger charge is -2.27. The van der Waals surface area contributed by atoms with Gasteiger partial charge in [-0.2, -0.15) is 0 Å². The number of nitrogens with zero attached hydrogens (tertiary/aromatic N) is 3. The number of benzene rings is 3. The number of nitrogens with one attached hydrogen (secondary N) is 2. The maximum Gasteiger partial charge on any atom is 0.255 e. The average Bonchev–Trinajstić information content (AvgIpc) is 3.51. The number of hydrogen-bond acceptors (Lipinski definition) is 8. The second-order valence-electron chi connectivity index (χ2n) is 11.0.